The van der Waals surface area contributed by atoms with Gasteiger partial charge in [0.25, 0.3) is 7.82 Å². The normalized spacial score (nSPS) is 26.4. The number of aliphatic hydroxyl groups excluding tert-OH is 2. The zero-order valence-electron chi connectivity index (χ0n) is 66.7. The molecule has 2 aromatic rings. The summed E-state index contributed by atoms with van der Waals surface area (Å²) in [6, 6.07) is 2.73. The number of carbonyl (C=O) groups is 6. The van der Waals surface area contributed by atoms with Gasteiger partial charge in [0.2, 0.25) is 35.4 Å². The first-order chi connectivity index (χ1) is 51.8. The summed E-state index contributed by atoms with van der Waals surface area (Å²) in [6.07, 6.45) is 5.28. The van der Waals surface area contributed by atoms with E-state index < -0.39 is 144 Å². The van der Waals surface area contributed by atoms with Crippen molar-refractivity contribution in [1.29, 1.82) is 0 Å². The number of benzene rings is 1. The number of imidazole rings is 1. The largest absolute Gasteiger partial charge is 0.756 e. The number of allylic oxidation sites excluding steroid dienone is 6. The minimum atomic E-state index is -5.30. The van der Waals surface area contributed by atoms with Crippen molar-refractivity contribution >= 4 is 167 Å². The number of amides is 6. The quantitative estimate of drug-likeness (QED) is 0.0263. The maximum absolute atomic E-state index is 14.3. The van der Waals surface area contributed by atoms with E-state index in [-0.39, 0.29) is 101 Å². The topological polar surface area (TPSA) is 422 Å². The third-order valence-electron chi connectivity index (χ3n) is 21.5. The van der Waals surface area contributed by atoms with Crippen LogP contribution in [0, 0.1) is 127 Å². The summed E-state index contributed by atoms with van der Waals surface area (Å²) in [5.41, 5.74) is 32.3. The van der Waals surface area contributed by atoms with E-state index in [4.69, 9.17) is 107 Å². The van der Waals surface area contributed by atoms with E-state index in [1.165, 1.54) is 20.3 Å². The second-order valence-electron chi connectivity index (χ2n) is 29.7. The molecule has 8 bridgehead atoms. The number of fused-ring (bicyclic) bond motifs is 7. The van der Waals surface area contributed by atoms with Crippen LogP contribution in [0.3, 0.4) is 0 Å². The van der Waals surface area contributed by atoms with E-state index in [1.807, 2.05) is 94.4 Å². The van der Waals surface area contributed by atoms with Gasteiger partial charge in [-0.05, 0) is 160 Å². The first-order valence-corrected chi connectivity index (χ1v) is 37.5. The molecule has 8 rings (SSSR count). The molecule has 0 aliphatic carbocycles. The van der Waals surface area contributed by atoms with Crippen molar-refractivity contribution in [1.82, 2.24) is 14.9 Å². The Morgan fingerprint density at radius 1 is 0.814 bits per heavy atom. The van der Waals surface area contributed by atoms with Crippen LogP contribution in [0.25, 0.3) is 16.4 Å². The predicted octanol–water partition coefficient (Wildman–Crippen LogP) is 0.610. The number of aliphatic imine (C=N–C) groups is 3. The van der Waals surface area contributed by atoms with Crippen LogP contribution in [0.15, 0.2) is 67.8 Å². The minimum Gasteiger partial charge on any atom is -0.756 e. The number of ether oxygens (including phenoxy) is 1. The number of phosphoric ester groups is 1. The Kier molecular flexibility index (Phi) is 39.7. The van der Waals surface area contributed by atoms with Gasteiger partial charge in [-0.15, -0.1) is 12.8 Å². The summed E-state index contributed by atoms with van der Waals surface area (Å²) in [6.45, 7) is 21.6. The van der Waals surface area contributed by atoms with Crippen LogP contribution in [0.2, 0.25) is 0 Å². The van der Waals surface area contributed by atoms with Crippen molar-refractivity contribution in [2.75, 3.05) is 13.2 Å². The van der Waals surface area contributed by atoms with E-state index >= 15 is 0 Å². The van der Waals surface area contributed by atoms with Crippen LogP contribution in [0.1, 0.15) is 157 Å². The first kappa shape index (κ1) is 102. The Hall–Kier alpha value is -7.32. The summed E-state index contributed by atoms with van der Waals surface area (Å²) < 4.78 is 31.9. The third kappa shape index (κ3) is 24.9. The number of rotatable bonds is 27. The first-order valence-electron chi connectivity index (χ1n) is 36.0. The van der Waals surface area contributed by atoms with E-state index in [1.54, 1.807) is 4.57 Å². The number of hydrogen-bond donors (Lipinski definition) is 8. The molecule has 1 aromatic heterocycles. The number of hydrogen-bond acceptors (Lipinski definition) is 17. The molecule has 15 atom stereocenters. The van der Waals surface area contributed by atoms with Gasteiger partial charge in [0, 0.05) is 209 Å². The van der Waals surface area contributed by atoms with Crippen molar-refractivity contribution in [2.45, 2.75) is 196 Å². The van der Waals surface area contributed by atoms with Crippen LogP contribution in [-0.4, -0.2) is 217 Å². The Bertz CT molecular complexity index is 4310. The summed E-state index contributed by atoms with van der Waals surface area (Å²) in [7, 11) is 38.3. The fraction of sp³-hybridized carbons (Fsp3) is 0.548. The van der Waals surface area contributed by atoms with Crippen molar-refractivity contribution in [3.05, 3.63) is 76.6 Å². The predicted molar refractivity (Wildman–Crippen MR) is 450 cm³/mol. The van der Waals surface area contributed by atoms with Crippen LogP contribution >= 0.6 is 7.82 Å². The summed E-state index contributed by atoms with van der Waals surface area (Å²) >= 11 is 0. The van der Waals surface area contributed by atoms with Crippen molar-refractivity contribution < 1.29 is 79.0 Å². The van der Waals surface area contributed by atoms with Gasteiger partial charge in [-0.3, -0.25) is 48.3 Å². The molecule has 4 unspecified atom stereocenters. The second-order valence-corrected chi connectivity index (χ2v) is 31.1. The maximum Gasteiger partial charge on any atom is 0.268 e. The molecule has 0 saturated carbocycles. The molecule has 40 heteroatoms. The SMILES string of the molecule is C#CC#CC#CC#CC#C.CCC[C@@H]1C2=NC(=C(C)C3=N[C@@](C)([C@@H]4N=C(C(C)=C5[N-]C(=C2)C(C)(C)[C@@H]5CCC(N)=O)[C@](C)(CCC(=O)NC[C@@H](C)OP(=O)([O-])OC2C(O)C(n5cnc6cc(C)c(C)cc65)O[C@@H]2CO)[C@H]4CC(N)=O)[C@@](C)(CC(N)=O)[C@@H]3CCC(N)=O)[C@@]1(C)CC(N)=O.[B]B([B])[B].[B][B].[B][B]B([B])B([B])[B].[CH3-].[Co]. The van der Waals surface area contributed by atoms with Crippen LogP contribution < -0.4 is 38.9 Å². The molecule has 0 spiro atoms. The van der Waals surface area contributed by atoms with Gasteiger partial charge in [0.05, 0.1) is 47.3 Å². The van der Waals surface area contributed by atoms with E-state index in [2.05, 4.69) is 96.3 Å². The van der Waals surface area contributed by atoms with Crippen LogP contribution in [0.5, 0.6) is 0 Å². The average molecular weight is 1580 g/mol. The van der Waals surface area contributed by atoms with Crippen molar-refractivity contribution in [3.63, 3.8) is 0 Å². The van der Waals surface area contributed by atoms with Gasteiger partial charge in [0.1, 0.15) is 18.3 Å². The monoisotopic (exact) mass is 1580 g/mol. The fourth-order valence-electron chi connectivity index (χ4n) is 15.7. The molecule has 7 heterocycles. The minimum absolute atomic E-state index is 0. The maximum atomic E-state index is 14.3. The molecular formula is C73H94B13CoN12O13P-3. The Labute approximate surface area is 691 Å². The zero-order valence-corrected chi connectivity index (χ0v) is 68.6. The van der Waals surface area contributed by atoms with Gasteiger partial charge < -0.3 is 80.2 Å². The number of aryl methyl sites for hydroxylation is 2. The van der Waals surface area contributed by atoms with Gasteiger partial charge >= 0.3 is 0 Å². The van der Waals surface area contributed by atoms with E-state index in [0.717, 1.165) is 11.1 Å². The molecular weight excluding hydrogens is 1480 g/mol. The Balaban J connectivity index is 0.00000151. The van der Waals surface area contributed by atoms with Gasteiger partial charge in [-0.1, -0.05) is 54.0 Å². The Morgan fingerprint density at radius 2 is 1.36 bits per heavy atom. The van der Waals surface area contributed by atoms with E-state index in [9.17, 15) is 48.4 Å². The Morgan fingerprint density at radius 3 is 1.86 bits per heavy atom. The van der Waals surface area contributed by atoms with Gasteiger partial charge in [-0.2, -0.15) is 11.4 Å². The number of phosphoric acid groups is 1. The standard InChI is InChI=1S/C62H91N12O13P.C10H2.CH3.B7.B4.B2.Co/c1-13-14-35-39-24-43-58(7,8)36(15-17-44(63)76)50(71-43)33(5)54-59(9,20-19-49(81)68-27-32(4)86-88(83,84)87-53-42(28-75)85-57(52(53)82)74-29-69-40-21-30(2)31(3)22-41(40)74)38(23-46(65)78)56(72-54)62(12)61(11,26-48(67)80)37(16-18-45(64)77)51(73-62)34(6)55(70-39)60(35,10)25-47(66)79;1-3-5-7-9-10-8-6-4-2;;1-5-7(4)6(2)3;1-4(2)3;1-2;/h21-22,24,29,32,35-38,42,52-53,56-57,75,82H,13-20,23,25-28H2,1-12H3,(H13,63,64,65,66,67,68,70,71,72,73,76,77,78,79,80,81,83,84);1-2H;1H3;;;;/q;;-1;;;;/p-2/t32-,35-,36-,37-,38+,42-,52?,53?,56-,57?,59-,60+,61+,62+;;;;;;/m1....../s1. The number of aliphatic hydroxyl groups is 2. The number of terminal acetylenes is 2. The molecule has 6 aliphatic heterocycles. The van der Waals surface area contributed by atoms with Crippen LogP contribution in [0.4, 0.5) is 0 Å². The second kappa shape index (κ2) is 44.1. The van der Waals surface area contributed by atoms with Gasteiger partial charge in [-0.25, -0.2) is 4.98 Å². The number of primary amides is 5. The fourth-order valence-corrected chi connectivity index (χ4v) is 16.8. The third-order valence-corrected chi connectivity index (χ3v) is 22.6. The number of carbonyl (C=O) groups excluding carboxylic acids is 6. The van der Waals surface area contributed by atoms with E-state index in [0.29, 0.717) is 69.2 Å². The molecule has 20 radical (unpaired) electrons. The molecule has 13 N–H and O–H groups in total. The molecule has 25 nitrogen and oxygen atoms in total. The molecule has 1 aromatic carbocycles. The molecule has 6 amide bonds. The molecule has 6 aliphatic rings. The van der Waals surface area contributed by atoms with Crippen molar-refractivity contribution in [2.24, 2.45) is 89.0 Å². The van der Waals surface area contributed by atoms with Crippen molar-refractivity contribution in [3.8, 4) is 60.2 Å². The number of aromatic nitrogens is 2. The van der Waals surface area contributed by atoms with Gasteiger partial charge in [0.15, 0.2) is 6.23 Å². The molecule has 113 heavy (non-hydrogen) atoms. The smallest absolute Gasteiger partial charge is 0.268 e. The number of nitrogens with two attached hydrogens (primary N) is 5. The number of nitrogens with one attached hydrogen (secondary N) is 1. The molecule has 2 saturated heterocycles. The molecule has 580 valence electrons. The summed E-state index contributed by atoms with van der Waals surface area (Å²) in [5, 5.41) is 29.9. The molecule has 2 fully saturated rings. The number of nitrogens with zero attached hydrogens (tertiary/aromatic N) is 6. The summed E-state index contributed by atoms with van der Waals surface area (Å²) in [4.78, 5) is 115. The van der Waals surface area contributed by atoms with Crippen LogP contribution in [-0.2, 0) is 63.9 Å². The average Bonchev–Trinajstić information content (AvgIpc) is 1.53. The zero-order chi connectivity index (χ0) is 84.2. The summed E-state index contributed by atoms with van der Waals surface area (Å²) in [5.74, 6) is 12.4.